The number of ether oxygens (including phenoxy) is 1. The number of nitrogens with zero attached hydrogens (tertiary/aromatic N) is 3. The van der Waals surface area contributed by atoms with Crippen molar-refractivity contribution in [2.24, 2.45) is 0 Å². The molecule has 0 radical (unpaired) electrons. The summed E-state index contributed by atoms with van der Waals surface area (Å²) in [6.45, 7) is 4.11. The molecular weight excluding hydrogens is 414 g/mol. The molecule has 166 valence electrons. The first-order valence-corrected chi connectivity index (χ1v) is 10.5. The Hall–Kier alpha value is -4.26. The maximum Gasteiger partial charge on any atom is 0.274 e. The highest BCUT2D eigenvalue weighted by molar-refractivity contribution is 5.98. The lowest BCUT2D eigenvalue weighted by Crippen LogP contribution is -2.26. The van der Waals surface area contributed by atoms with Crippen LogP contribution in [-0.2, 0) is 6.54 Å². The quantitative estimate of drug-likeness (QED) is 0.463. The van der Waals surface area contributed by atoms with Gasteiger partial charge in [-0.25, -0.2) is 9.97 Å². The summed E-state index contributed by atoms with van der Waals surface area (Å²) in [5.74, 6) is 0.353. The van der Waals surface area contributed by atoms with Gasteiger partial charge in [-0.15, -0.1) is 0 Å². The number of nitrogen functional groups attached to an aromatic ring is 1. The van der Waals surface area contributed by atoms with Crippen LogP contribution in [0.5, 0.6) is 5.75 Å². The summed E-state index contributed by atoms with van der Waals surface area (Å²) >= 11 is 0. The minimum absolute atomic E-state index is 0.0672. The van der Waals surface area contributed by atoms with Crippen LogP contribution in [0.2, 0.25) is 0 Å². The van der Waals surface area contributed by atoms with Crippen LogP contribution in [0.1, 0.15) is 27.4 Å². The number of aryl methyl sites for hydroxylation is 2. The molecular formula is C26H25N5O2. The average molecular weight is 440 g/mol. The summed E-state index contributed by atoms with van der Waals surface area (Å²) in [7, 11) is 1.59. The molecule has 0 atom stereocenters. The number of carbonyl (C=O) groups excluding carboxylic acids is 1. The Morgan fingerprint density at radius 1 is 0.879 bits per heavy atom. The number of methoxy groups -OCH3 is 1. The lowest BCUT2D eigenvalue weighted by molar-refractivity contribution is 0.0946. The predicted octanol–water partition coefficient (Wildman–Crippen LogP) is 4.34. The van der Waals surface area contributed by atoms with Crippen molar-refractivity contribution in [1.82, 2.24) is 20.3 Å². The van der Waals surface area contributed by atoms with Crippen molar-refractivity contribution < 1.29 is 9.53 Å². The van der Waals surface area contributed by atoms with E-state index in [9.17, 15) is 4.79 Å². The van der Waals surface area contributed by atoms with Crippen LogP contribution >= 0.6 is 0 Å². The minimum Gasteiger partial charge on any atom is -0.496 e. The lowest BCUT2D eigenvalue weighted by Gasteiger charge is -2.14. The zero-order chi connectivity index (χ0) is 23.4. The largest absolute Gasteiger partial charge is 0.496 e. The average Bonchev–Trinajstić information content (AvgIpc) is 2.82. The number of carbonyl (C=O) groups is 1. The van der Waals surface area contributed by atoms with Crippen molar-refractivity contribution in [1.29, 1.82) is 0 Å². The van der Waals surface area contributed by atoms with Crippen molar-refractivity contribution in [2.45, 2.75) is 20.4 Å². The van der Waals surface area contributed by atoms with Crippen LogP contribution in [-0.4, -0.2) is 28.0 Å². The van der Waals surface area contributed by atoms with E-state index in [0.717, 1.165) is 28.1 Å². The van der Waals surface area contributed by atoms with E-state index < -0.39 is 5.91 Å². The Morgan fingerprint density at radius 2 is 1.52 bits per heavy atom. The molecule has 0 unspecified atom stereocenters. The number of anilines is 1. The number of amides is 1. The number of para-hydroxylation sites is 1. The molecule has 0 aliphatic carbocycles. The molecule has 0 aliphatic heterocycles. The van der Waals surface area contributed by atoms with E-state index in [4.69, 9.17) is 15.5 Å². The maximum absolute atomic E-state index is 13.1. The van der Waals surface area contributed by atoms with Crippen LogP contribution in [0.25, 0.3) is 22.5 Å². The molecule has 7 nitrogen and oxygen atoms in total. The Morgan fingerprint density at radius 3 is 2.21 bits per heavy atom. The van der Waals surface area contributed by atoms with Crippen LogP contribution in [0, 0.1) is 13.8 Å². The fourth-order valence-corrected chi connectivity index (χ4v) is 3.69. The SMILES string of the molecule is COc1ccccc1CNC(=O)c1nc(-c2cc(C)nc(C)c2)c(-c2ccccc2)nc1N. The van der Waals surface area contributed by atoms with Crippen molar-refractivity contribution >= 4 is 11.7 Å². The van der Waals surface area contributed by atoms with Crippen LogP contribution in [0.4, 0.5) is 5.82 Å². The van der Waals surface area contributed by atoms with Crippen molar-refractivity contribution in [3.63, 3.8) is 0 Å². The second-order valence-electron chi connectivity index (χ2n) is 7.65. The zero-order valence-electron chi connectivity index (χ0n) is 18.8. The van der Waals surface area contributed by atoms with Gasteiger partial charge in [0.1, 0.15) is 5.75 Å². The summed E-state index contributed by atoms with van der Waals surface area (Å²) < 4.78 is 5.36. The first-order valence-electron chi connectivity index (χ1n) is 10.5. The van der Waals surface area contributed by atoms with Gasteiger partial charge in [-0.3, -0.25) is 9.78 Å². The molecule has 3 N–H and O–H groups in total. The lowest BCUT2D eigenvalue weighted by atomic mass is 10.0. The highest BCUT2D eigenvalue weighted by Gasteiger charge is 2.20. The van der Waals surface area contributed by atoms with E-state index in [1.165, 1.54) is 0 Å². The fourth-order valence-electron chi connectivity index (χ4n) is 3.69. The first-order chi connectivity index (χ1) is 16.0. The molecule has 33 heavy (non-hydrogen) atoms. The standard InChI is InChI=1S/C26H25N5O2/c1-16-13-20(14-17(2)29-16)23-22(18-9-5-4-6-10-18)31-25(27)24(30-23)26(32)28-15-19-11-7-8-12-21(19)33-3/h4-14H,15H2,1-3H3,(H2,27,31)(H,28,32). The van der Waals surface area contributed by atoms with Gasteiger partial charge in [-0.2, -0.15) is 0 Å². The van der Waals surface area contributed by atoms with E-state index in [0.29, 0.717) is 17.1 Å². The Balaban J connectivity index is 1.75. The third kappa shape index (κ3) is 4.82. The number of aromatic nitrogens is 3. The van der Waals surface area contributed by atoms with Crippen LogP contribution in [0.15, 0.2) is 66.7 Å². The molecule has 2 aromatic heterocycles. The molecule has 0 saturated carbocycles. The number of hydrogen-bond acceptors (Lipinski definition) is 6. The second-order valence-corrected chi connectivity index (χ2v) is 7.65. The molecule has 4 rings (SSSR count). The van der Waals surface area contributed by atoms with Gasteiger partial charge in [0.05, 0.1) is 18.5 Å². The van der Waals surface area contributed by atoms with E-state index in [-0.39, 0.29) is 18.1 Å². The van der Waals surface area contributed by atoms with Gasteiger partial charge in [-0.1, -0.05) is 48.5 Å². The highest BCUT2D eigenvalue weighted by Crippen LogP contribution is 2.31. The fraction of sp³-hybridized carbons (Fsp3) is 0.154. The third-order valence-corrected chi connectivity index (χ3v) is 5.17. The van der Waals surface area contributed by atoms with Gasteiger partial charge in [0.15, 0.2) is 11.5 Å². The summed E-state index contributed by atoms with van der Waals surface area (Å²) in [5, 5.41) is 2.88. The molecule has 4 aromatic rings. The van der Waals surface area contributed by atoms with Gasteiger partial charge in [-0.05, 0) is 32.0 Å². The van der Waals surface area contributed by atoms with E-state index >= 15 is 0 Å². The molecule has 0 fully saturated rings. The van der Waals surface area contributed by atoms with E-state index in [2.05, 4.69) is 15.3 Å². The monoisotopic (exact) mass is 439 g/mol. The second kappa shape index (κ2) is 9.48. The van der Waals surface area contributed by atoms with Crippen molar-refractivity contribution in [2.75, 3.05) is 12.8 Å². The van der Waals surface area contributed by atoms with E-state index in [1.54, 1.807) is 7.11 Å². The van der Waals surface area contributed by atoms with Gasteiger partial charge in [0.2, 0.25) is 0 Å². The zero-order valence-corrected chi connectivity index (χ0v) is 18.8. The summed E-state index contributed by atoms with van der Waals surface area (Å²) in [4.78, 5) is 26.8. The predicted molar refractivity (Wildman–Crippen MR) is 129 cm³/mol. The normalized spacial score (nSPS) is 10.6. The summed E-state index contributed by atoms with van der Waals surface area (Å²) in [6.07, 6.45) is 0. The molecule has 2 aromatic carbocycles. The molecule has 0 saturated heterocycles. The Kier molecular flexibility index (Phi) is 6.31. The number of pyridine rings is 1. The molecule has 7 heteroatoms. The molecule has 2 heterocycles. The summed E-state index contributed by atoms with van der Waals surface area (Å²) in [5.41, 5.74) is 11.7. The smallest absolute Gasteiger partial charge is 0.274 e. The number of nitrogens with two attached hydrogens (primary N) is 1. The molecule has 1 amide bonds. The number of nitrogens with one attached hydrogen (secondary N) is 1. The minimum atomic E-state index is -0.408. The van der Waals surface area contributed by atoms with Crippen molar-refractivity contribution in [3.8, 4) is 28.3 Å². The van der Waals surface area contributed by atoms with Gasteiger partial charge in [0, 0.05) is 34.6 Å². The Labute approximate surface area is 192 Å². The molecule has 0 bridgehead atoms. The molecule has 0 aliphatic rings. The van der Waals surface area contributed by atoms with E-state index in [1.807, 2.05) is 80.6 Å². The number of rotatable bonds is 6. The van der Waals surface area contributed by atoms with Crippen molar-refractivity contribution in [3.05, 3.63) is 89.4 Å². The maximum atomic E-state index is 13.1. The molecule has 0 spiro atoms. The topological polar surface area (TPSA) is 103 Å². The van der Waals surface area contributed by atoms with Gasteiger partial charge in [0.25, 0.3) is 5.91 Å². The highest BCUT2D eigenvalue weighted by atomic mass is 16.5. The number of hydrogen-bond donors (Lipinski definition) is 2. The number of benzene rings is 2. The van der Waals surface area contributed by atoms with Gasteiger partial charge >= 0.3 is 0 Å². The Bertz CT molecular complexity index is 1290. The first kappa shape index (κ1) is 22.0. The van der Waals surface area contributed by atoms with Crippen LogP contribution < -0.4 is 15.8 Å². The summed E-state index contributed by atoms with van der Waals surface area (Å²) in [6, 6.07) is 21.0. The van der Waals surface area contributed by atoms with Gasteiger partial charge < -0.3 is 15.8 Å². The van der Waals surface area contributed by atoms with Crippen LogP contribution in [0.3, 0.4) is 0 Å². The third-order valence-electron chi connectivity index (χ3n) is 5.17.